The third kappa shape index (κ3) is 2.17. The molecule has 2 heteroatoms. The van der Waals surface area contributed by atoms with Crippen LogP contribution in [0.5, 0.6) is 0 Å². The van der Waals surface area contributed by atoms with Gasteiger partial charge in [-0.25, -0.2) is 0 Å². The van der Waals surface area contributed by atoms with E-state index in [4.69, 9.17) is 0 Å². The fourth-order valence-electron chi connectivity index (χ4n) is 1.71. The van der Waals surface area contributed by atoms with Crippen LogP contribution in [0.2, 0.25) is 0 Å². The lowest BCUT2D eigenvalue weighted by atomic mass is 10.0. The van der Waals surface area contributed by atoms with Gasteiger partial charge in [0.05, 0.1) is 0 Å². The van der Waals surface area contributed by atoms with Crippen molar-refractivity contribution in [3.05, 3.63) is 0 Å². The first-order chi connectivity index (χ1) is 5.17. The van der Waals surface area contributed by atoms with E-state index in [2.05, 4.69) is 31.0 Å². The average Bonchev–Trinajstić information content (AvgIpc) is 1.94. The molecule has 1 fully saturated rings. The highest BCUT2D eigenvalue weighted by molar-refractivity contribution is 4.87. The van der Waals surface area contributed by atoms with Crippen molar-refractivity contribution in [2.45, 2.75) is 32.7 Å². The van der Waals surface area contributed by atoms with Crippen LogP contribution in [0.1, 0.15) is 27.2 Å². The van der Waals surface area contributed by atoms with E-state index in [1.807, 2.05) is 0 Å². The SMILES string of the molecule is CCCN1CCNCC1(C)C. The molecule has 0 radical (unpaired) electrons. The second-order valence-electron chi connectivity index (χ2n) is 3.98. The van der Waals surface area contributed by atoms with Gasteiger partial charge in [0.2, 0.25) is 0 Å². The van der Waals surface area contributed by atoms with E-state index in [9.17, 15) is 0 Å². The smallest absolute Gasteiger partial charge is 0.0278 e. The van der Waals surface area contributed by atoms with Crippen molar-refractivity contribution in [2.24, 2.45) is 0 Å². The van der Waals surface area contributed by atoms with Gasteiger partial charge in [0, 0.05) is 25.2 Å². The van der Waals surface area contributed by atoms with E-state index in [0.29, 0.717) is 5.54 Å². The van der Waals surface area contributed by atoms with Crippen molar-refractivity contribution in [1.29, 1.82) is 0 Å². The van der Waals surface area contributed by atoms with E-state index in [1.165, 1.54) is 19.5 Å². The lowest BCUT2D eigenvalue weighted by Crippen LogP contribution is -2.57. The second kappa shape index (κ2) is 3.55. The molecule has 0 spiro atoms. The summed E-state index contributed by atoms with van der Waals surface area (Å²) in [4.78, 5) is 2.57. The molecule has 1 aliphatic rings. The summed E-state index contributed by atoms with van der Waals surface area (Å²) < 4.78 is 0. The van der Waals surface area contributed by atoms with Gasteiger partial charge in [0.25, 0.3) is 0 Å². The largest absolute Gasteiger partial charge is 0.314 e. The van der Waals surface area contributed by atoms with E-state index >= 15 is 0 Å². The maximum Gasteiger partial charge on any atom is 0.0278 e. The molecular formula is C9H20N2. The molecule has 1 N–H and O–H groups in total. The average molecular weight is 156 g/mol. The molecule has 0 aromatic rings. The van der Waals surface area contributed by atoms with Crippen molar-refractivity contribution >= 4 is 0 Å². The summed E-state index contributed by atoms with van der Waals surface area (Å²) in [5.74, 6) is 0. The molecule has 1 heterocycles. The standard InChI is InChI=1S/C9H20N2/c1-4-6-11-7-5-10-8-9(11,2)3/h10H,4-8H2,1-3H3. The first-order valence-corrected chi connectivity index (χ1v) is 4.62. The zero-order valence-corrected chi connectivity index (χ0v) is 7.98. The Balaban J connectivity index is 2.45. The summed E-state index contributed by atoms with van der Waals surface area (Å²) in [5.41, 5.74) is 0.369. The van der Waals surface area contributed by atoms with Crippen LogP contribution in [-0.4, -0.2) is 36.6 Å². The molecule has 0 saturated carbocycles. The van der Waals surface area contributed by atoms with Gasteiger partial charge in [0.15, 0.2) is 0 Å². The fraction of sp³-hybridized carbons (Fsp3) is 1.00. The predicted molar refractivity (Wildman–Crippen MR) is 48.8 cm³/mol. The van der Waals surface area contributed by atoms with Crippen molar-refractivity contribution in [3.8, 4) is 0 Å². The van der Waals surface area contributed by atoms with Gasteiger partial charge >= 0.3 is 0 Å². The molecule has 0 unspecified atom stereocenters. The van der Waals surface area contributed by atoms with Crippen molar-refractivity contribution < 1.29 is 0 Å². The van der Waals surface area contributed by atoms with Crippen molar-refractivity contribution in [2.75, 3.05) is 26.2 Å². The third-order valence-electron chi connectivity index (χ3n) is 2.47. The van der Waals surface area contributed by atoms with Crippen LogP contribution in [0.4, 0.5) is 0 Å². The number of nitrogens with zero attached hydrogens (tertiary/aromatic N) is 1. The Morgan fingerprint density at radius 1 is 1.45 bits per heavy atom. The molecule has 1 aliphatic heterocycles. The van der Waals surface area contributed by atoms with Gasteiger partial charge in [-0.3, -0.25) is 4.90 Å². The monoisotopic (exact) mass is 156 g/mol. The Morgan fingerprint density at radius 3 is 2.73 bits per heavy atom. The summed E-state index contributed by atoms with van der Waals surface area (Å²) in [6, 6.07) is 0. The lowest BCUT2D eigenvalue weighted by molar-refractivity contribution is 0.0909. The summed E-state index contributed by atoms with van der Waals surface area (Å²) in [6.07, 6.45) is 1.27. The normalized spacial score (nSPS) is 25.4. The Labute approximate surface area is 70.0 Å². The van der Waals surface area contributed by atoms with Crippen LogP contribution in [-0.2, 0) is 0 Å². The molecule has 1 rings (SSSR count). The van der Waals surface area contributed by atoms with E-state index < -0.39 is 0 Å². The number of piperazine rings is 1. The summed E-state index contributed by atoms with van der Waals surface area (Å²) in [7, 11) is 0. The molecule has 0 bridgehead atoms. The van der Waals surface area contributed by atoms with Gasteiger partial charge in [-0.2, -0.15) is 0 Å². The van der Waals surface area contributed by atoms with Crippen molar-refractivity contribution in [3.63, 3.8) is 0 Å². The summed E-state index contributed by atoms with van der Waals surface area (Å²) in [6.45, 7) is 11.6. The maximum absolute atomic E-state index is 3.42. The van der Waals surface area contributed by atoms with Crippen LogP contribution >= 0.6 is 0 Å². The van der Waals surface area contributed by atoms with Crippen LogP contribution < -0.4 is 5.32 Å². The first kappa shape index (κ1) is 9.01. The minimum Gasteiger partial charge on any atom is -0.314 e. The maximum atomic E-state index is 3.42. The second-order valence-corrected chi connectivity index (χ2v) is 3.98. The van der Waals surface area contributed by atoms with Crippen molar-refractivity contribution in [1.82, 2.24) is 10.2 Å². The van der Waals surface area contributed by atoms with Crippen LogP contribution in [0.15, 0.2) is 0 Å². The Bertz CT molecular complexity index is 119. The minimum absolute atomic E-state index is 0.369. The van der Waals surface area contributed by atoms with Gasteiger partial charge < -0.3 is 5.32 Å². The molecular weight excluding hydrogens is 136 g/mol. The fourth-order valence-corrected chi connectivity index (χ4v) is 1.71. The Morgan fingerprint density at radius 2 is 2.18 bits per heavy atom. The molecule has 66 valence electrons. The van der Waals surface area contributed by atoms with Gasteiger partial charge in [0.1, 0.15) is 0 Å². The predicted octanol–water partition coefficient (Wildman–Crippen LogP) is 1.08. The zero-order chi connectivity index (χ0) is 8.32. The topological polar surface area (TPSA) is 15.3 Å². The highest BCUT2D eigenvalue weighted by Gasteiger charge is 2.28. The molecule has 0 aliphatic carbocycles. The van der Waals surface area contributed by atoms with E-state index in [0.717, 1.165) is 13.1 Å². The zero-order valence-electron chi connectivity index (χ0n) is 7.98. The first-order valence-electron chi connectivity index (χ1n) is 4.62. The molecule has 0 amide bonds. The van der Waals surface area contributed by atoms with Crippen LogP contribution in [0.3, 0.4) is 0 Å². The number of hydrogen-bond acceptors (Lipinski definition) is 2. The molecule has 2 nitrogen and oxygen atoms in total. The highest BCUT2D eigenvalue weighted by atomic mass is 15.2. The summed E-state index contributed by atoms with van der Waals surface area (Å²) in [5, 5.41) is 3.42. The number of nitrogens with one attached hydrogen (secondary N) is 1. The molecule has 11 heavy (non-hydrogen) atoms. The van der Waals surface area contributed by atoms with Gasteiger partial charge in [-0.05, 0) is 26.8 Å². The number of hydrogen-bond donors (Lipinski definition) is 1. The van der Waals surface area contributed by atoms with E-state index in [-0.39, 0.29) is 0 Å². The van der Waals surface area contributed by atoms with Gasteiger partial charge in [-0.1, -0.05) is 6.92 Å². The van der Waals surface area contributed by atoms with Crippen LogP contribution in [0.25, 0.3) is 0 Å². The third-order valence-corrected chi connectivity index (χ3v) is 2.47. The quantitative estimate of drug-likeness (QED) is 0.643. The minimum atomic E-state index is 0.369. The van der Waals surface area contributed by atoms with Gasteiger partial charge in [-0.15, -0.1) is 0 Å². The lowest BCUT2D eigenvalue weighted by Gasteiger charge is -2.42. The molecule has 0 aromatic heterocycles. The molecule has 1 saturated heterocycles. The van der Waals surface area contributed by atoms with Crippen LogP contribution in [0, 0.1) is 0 Å². The van der Waals surface area contributed by atoms with E-state index in [1.54, 1.807) is 0 Å². The molecule has 0 aromatic carbocycles. The Hall–Kier alpha value is -0.0800. The highest BCUT2D eigenvalue weighted by Crippen LogP contribution is 2.15. The number of rotatable bonds is 2. The summed E-state index contributed by atoms with van der Waals surface area (Å²) >= 11 is 0. The Kier molecular flexibility index (Phi) is 2.90. The molecule has 0 atom stereocenters.